The molecule has 0 radical (unpaired) electrons. The van der Waals surface area contributed by atoms with Gasteiger partial charge in [0.2, 0.25) is 0 Å². The van der Waals surface area contributed by atoms with Crippen LogP contribution in [-0.2, 0) is 16.4 Å². The van der Waals surface area contributed by atoms with Crippen LogP contribution in [0.5, 0.6) is 11.5 Å². The van der Waals surface area contributed by atoms with E-state index in [2.05, 4.69) is 110 Å². The van der Waals surface area contributed by atoms with E-state index >= 15 is 4.79 Å². The summed E-state index contributed by atoms with van der Waals surface area (Å²) in [6.45, 7) is 8.77. The summed E-state index contributed by atoms with van der Waals surface area (Å²) < 4.78 is 13.9. The summed E-state index contributed by atoms with van der Waals surface area (Å²) in [5.41, 5.74) is 8.01. The standard InChI is InChI=1S/C52H40BrNO4/c1-50(2,31-14-8-6-9-15-31)41-30-40-43(45-44(41)48(55)54(49(45)56)35-24-22-34(53)23-25-35)42-37-18-12-13-19-38(37)47-39(46(42)51(40,3)4)28-29-52(58-47,32-16-10-7-11-17-32)33-20-26-36(57-5)27-21-33/h6-30H,1-5H3. The second-order valence-electron chi connectivity index (χ2n) is 16.4. The number of benzene rings is 7. The second-order valence-corrected chi connectivity index (χ2v) is 17.4. The zero-order chi connectivity index (χ0) is 40.1. The summed E-state index contributed by atoms with van der Waals surface area (Å²) in [6.07, 6.45) is 4.38. The lowest BCUT2D eigenvalue weighted by Crippen LogP contribution is -2.35. The summed E-state index contributed by atoms with van der Waals surface area (Å²) in [4.78, 5) is 31.6. The van der Waals surface area contributed by atoms with Crippen molar-refractivity contribution in [2.75, 3.05) is 12.0 Å². The van der Waals surface area contributed by atoms with Gasteiger partial charge in [-0.05, 0) is 75.7 Å². The first-order chi connectivity index (χ1) is 28.0. The van der Waals surface area contributed by atoms with Gasteiger partial charge in [0.05, 0.1) is 23.9 Å². The van der Waals surface area contributed by atoms with Crippen LogP contribution in [0.15, 0.2) is 150 Å². The average Bonchev–Trinajstić information content (AvgIpc) is 3.66. The fourth-order valence-electron chi connectivity index (χ4n) is 9.65. The minimum absolute atomic E-state index is 0.312. The van der Waals surface area contributed by atoms with Gasteiger partial charge < -0.3 is 9.47 Å². The highest BCUT2D eigenvalue weighted by atomic mass is 79.9. The maximum absolute atomic E-state index is 15.2. The third-order valence-electron chi connectivity index (χ3n) is 12.6. The second kappa shape index (κ2) is 12.9. The molecule has 1 unspecified atom stereocenters. The zero-order valence-corrected chi connectivity index (χ0v) is 34.5. The van der Waals surface area contributed by atoms with Crippen LogP contribution in [-0.4, -0.2) is 18.9 Å². The summed E-state index contributed by atoms with van der Waals surface area (Å²) in [5.74, 6) is 0.916. The quantitative estimate of drug-likeness (QED) is 0.157. The number of carbonyl (C=O) groups excluding carboxylic acids is 2. The number of hydrogen-bond donors (Lipinski definition) is 0. The predicted octanol–water partition coefficient (Wildman–Crippen LogP) is 12.4. The third kappa shape index (κ3) is 5.00. The van der Waals surface area contributed by atoms with E-state index in [1.165, 1.54) is 4.90 Å². The highest BCUT2D eigenvalue weighted by Crippen LogP contribution is 2.61. The van der Waals surface area contributed by atoms with Crippen molar-refractivity contribution in [3.63, 3.8) is 0 Å². The van der Waals surface area contributed by atoms with Crippen molar-refractivity contribution in [3.05, 3.63) is 200 Å². The molecule has 7 aromatic carbocycles. The van der Waals surface area contributed by atoms with E-state index in [4.69, 9.17) is 9.47 Å². The molecule has 7 aromatic rings. The SMILES string of the molecule is COc1ccc(C2(c3ccccc3)C=Cc3c4c(c5ccccc5c3O2)-c2c(cc(C(C)(C)c3ccccc3)c3c2C(=O)N(c2ccc(Br)cc2)C3=O)C4(C)C)cc1. The highest BCUT2D eigenvalue weighted by molar-refractivity contribution is 9.10. The number of ether oxygens (including phenoxy) is 2. The van der Waals surface area contributed by atoms with Gasteiger partial charge in [-0.15, -0.1) is 0 Å². The summed E-state index contributed by atoms with van der Waals surface area (Å²) in [7, 11) is 1.67. The Morgan fingerprint density at radius 1 is 0.672 bits per heavy atom. The molecule has 2 aliphatic heterocycles. The normalized spacial score (nSPS) is 17.4. The molecule has 10 rings (SSSR count). The number of anilines is 1. The van der Waals surface area contributed by atoms with E-state index in [9.17, 15) is 4.79 Å². The largest absolute Gasteiger partial charge is 0.497 e. The van der Waals surface area contributed by atoms with E-state index in [0.29, 0.717) is 16.8 Å². The Labute approximate surface area is 346 Å². The molecule has 0 saturated heterocycles. The minimum Gasteiger partial charge on any atom is -0.497 e. The van der Waals surface area contributed by atoms with Crippen LogP contribution in [0.2, 0.25) is 0 Å². The van der Waals surface area contributed by atoms with Crippen molar-refractivity contribution in [2.24, 2.45) is 0 Å². The zero-order valence-electron chi connectivity index (χ0n) is 32.9. The topological polar surface area (TPSA) is 55.8 Å². The van der Waals surface area contributed by atoms with E-state index in [0.717, 1.165) is 76.8 Å². The molecule has 5 nitrogen and oxygen atoms in total. The Hall–Kier alpha value is -6.24. The molecule has 1 aliphatic carbocycles. The molecule has 1 atom stereocenters. The first kappa shape index (κ1) is 36.1. The lowest BCUT2D eigenvalue weighted by atomic mass is 9.71. The van der Waals surface area contributed by atoms with Gasteiger partial charge in [-0.3, -0.25) is 9.59 Å². The number of carbonyl (C=O) groups is 2. The molecule has 2 heterocycles. The highest BCUT2D eigenvalue weighted by Gasteiger charge is 2.51. The van der Waals surface area contributed by atoms with Gasteiger partial charge in [0.1, 0.15) is 11.5 Å². The molecule has 2 amide bonds. The van der Waals surface area contributed by atoms with Gasteiger partial charge in [0.15, 0.2) is 5.60 Å². The molecule has 0 fully saturated rings. The van der Waals surface area contributed by atoms with Crippen molar-refractivity contribution in [1.82, 2.24) is 0 Å². The number of methoxy groups -OCH3 is 1. The molecule has 6 heteroatoms. The van der Waals surface area contributed by atoms with E-state index in [1.807, 2.05) is 84.9 Å². The van der Waals surface area contributed by atoms with Crippen molar-refractivity contribution in [2.45, 2.75) is 44.1 Å². The van der Waals surface area contributed by atoms with Crippen LogP contribution in [0.3, 0.4) is 0 Å². The van der Waals surface area contributed by atoms with Crippen LogP contribution in [0.25, 0.3) is 28.0 Å². The van der Waals surface area contributed by atoms with Crippen molar-refractivity contribution >= 4 is 50.3 Å². The number of hydrogen-bond acceptors (Lipinski definition) is 4. The van der Waals surface area contributed by atoms with Gasteiger partial charge >= 0.3 is 0 Å². The number of imide groups is 1. The van der Waals surface area contributed by atoms with Crippen LogP contribution in [0.1, 0.15) is 87.4 Å². The molecular formula is C52H40BrNO4. The lowest BCUT2D eigenvalue weighted by Gasteiger charge is -2.38. The smallest absolute Gasteiger partial charge is 0.266 e. The molecule has 0 saturated carbocycles. The molecule has 284 valence electrons. The van der Waals surface area contributed by atoms with Gasteiger partial charge in [0, 0.05) is 42.9 Å². The van der Waals surface area contributed by atoms with Crippen LogP contribution >= 0.6 is 15.9 Å². The van der Waals surface area contributed by atoms with Crippen LogP contribution in [0, 0.1) is 0 Å². The summed E-state index contributed by atoms with van der Waals surface area (Å²) >= 11 is 3.53. The fraction of sp³-hybridized carbons (Fsp3) is 0.154. The van der Waals surface area contributed by atoms with Gasteiger partial charge in [-0.1, -0.05) is 153 Å². The number of rotatable bonds is 6. The Bertz CT molecular complexity index is 2880. The molecule has 0 spiro atoms. The first-order valence-corrected chi connectivity index (χ1v) is 20.4. The van der Waals surface area contributed by atoms with Crippen LogP contribution < -0.4 is 14.4 Å². The van der Waals surface area contributed by atoms with Crippen molar-refractivity contribution in [3.8, 4) is 22.6 Å². The number of amides is 2. The lowest BCUT2D eigenvalue weighted by molar-refractivity contribution is 0.0925. The van der Waals surface area contributed by atoms with Crippen molar-refractivity contribution < 1.29 is 19.1 Å². The van der Waals surface area contributed by atoms with Gasteiger partial charge in [-0.25, -0.2) is 4.90 Å². The molecule has 3 aliphatic rings. The predicted molar refractivity (Wildman–Crippen MR) is 235 cm³/mol. The van der Waals surface area contributed by atoms with E-state index in [-0.39, 0.29) is 11.8 Å². The number of halogens is 1. The number of nitrogens with zero attached hydrogens (tertiary/aromatic N) is 1. The van der Waals surface area contributed by atoms with Crippen LogP contribution in [0.4, 0.5) is 5.69 Å². The fourth-order valence-corrected chi connectivity index (χ4v) is 9.92. The third-order valence-corrected chi connectivity index (χ3v) is 13.2. The Kier molecular flexibility index (Phi) is 8.03. The van der Waals surface area contributed by atoms with E-state index in [1.54, 1.807) is 7.11 Å². The maximum Gasteiger partial charge on any atom is 0.266 e. The van der Waals surface area contributed by atoms with Gasteiger partial charge in [-0.2, -0.15) is 0 Å². The Morgan fingerprint density at radius 2 is 1.28 bits per heavy atom. The Balaban J connectivity index is 1.27. The Morgan fingerprint density at radius 3 is 1.95 bits per heavy atom. The molecular weight excluding hydrogens is 782 g/mol. The maximum atomic E-state index is 15.2. The van der Waals surface area contributed by atoms with E-state index < -0.39 is 16.4 Å². The van der Waals surface area contributed by atoms with Gasteiger partial charge in [0.25, 0.3) is 11.8 Å². The minimum atomic E-state index is -0.936. The molecule has 58 heavy (non-hydrogen) atoms. The van der Waals surface area contributed by atoms with Crippen molar-refractivity contribution in [1.29, 1.82) is 0 Å². The first-order valence-electron chi connectivity index (χ1n) is 19.6. The summed E-state index contributed by atoms with van der Waals surface area (Å²) in [6, 6.07) is 46.5. The molecule has 0 aromatic heterocycles. The average molecular weight is 823 g/mol. The monoisotopic (exact) mass is 821 g/mol. The number of fused-ring (bicyclic) bond motifs is 10. The molecule has 0 N–H and O–H groups in total. The summed E-state index contributed by atoms with van der Waals surface area (Å²) in [5, 5.41) is 1.90. The molecule has 0 bridgehead atoms.